The lowest BCUT2D eigenvalue weighted by Gasteiger charge is -2.21. The van der Waals surface area contributed by atoms with Gasteiger partial charge in [-0.05, 0) is 12.1 Å². The zero-order valence-corrected chi connectivity index (χ0v) is 10.6. The number of carbonyl (C=O) groups excluding carboxylic acids is 2. The number of hydrogen-bond donors (Lipinski definition) is 2. The Morgan fingerprint density at radius 1 is 1.39 bits per heavy atom. The monoisotopic (exact) mass is 267 g/mol. The number of benzene rings is 1. The quantitative estimate of drug-likeness (QED) is 0.620. The molecule has 1 N–H and O–H groups in total. The molecular weight excluding hydrogens is 254 g/mol. The second kappa shape index (κ2) is 6.75. The lowest BCUT2D eigenvalue weighted by molar-refractivity contribution is -0.125. The van der Waals surface area contributed by atoms with Gasteiger partial charge in [0.05, 0.1) is 5.69 Å². The van der Waals surface area contributed by atoms with Gasteiger partial charge < -0.3 is 5.32 Å². The zero-order chi connectivity index (χ0) is 13.5. The van der Waals surface area contributed by atoms with Crippen molar-refractivity contribution in [2.24, 2.45) is 5.18 Å². The highest BCUT2D eigenvalue weighted by Crippen LogP contribution is 2.16. The molecule has 0 aliphatic carbocycles. The van der Waals surface area contributed by atoms with Gasteiger partial charge in [0.15, 0.2) is 0 Å². The van der Waals surface area contributed by atoms with E-state index in [4.69, 9.17) is 0 Å². The molecule has 2 amide bonds. The molecule has 0 aliphatic rings. The topological polar surface area (TPSA) is 78.8 Å². The van der Waals surface area contributed by atoms with E-state index in [1.807, 2.05) is 0 Å². The number of nitroso groups, excluding NO2 is 1. The lowest BCUT2D eigenvalue weighted by atomic mass is 10.2. The smallest absolute Gasteiger partial charge is 0.261 e. The van der Waals surface area contributed by atoms with E-state index in [0.717, 1.165) is 4.31 Å². The van der Waals surface area contributed by atoms with Crippen molar-refractivity contribution in [2.75, 3.05) is 10.8 Å². The minimum Gasteiger partial charge on any atom is -0.343 e. The minimum atomic E-state index is -1.00. The Hall–Kier alpha value is -1.89. The SMILES string of the molecule is CC(=O)NC(CN=O)C(=O)N(S)c1ccccc1. The normalized spacial score (nSPS) is 11.4. The molecule has 18 heavy (non-hydrogen) atoms. The molecule has 0 aromatic heterocycles. The van der Waals surface area contributed by atoms with Gasteiger partial charge >= 0.3 is 0 Å². The lowest BCUT2D eigenvalue weighted by Crippen LogP contribution is -2.47. The Labute approximate surface area is 110 Å². The number of amides is 2. The molecule has 6 nitrogen and oxygen atoms in total. The number of anilines is 1. The summed E-state index contributed by atoms with van der Waals surface area (Å²) < 4.78 is 1.08. The maximum atomic E-state index is 12.0. The van der Waals surface area contributed by atoms with Gasteiger partial charge in [0, 0.05) is 6.92 Å². The molecule has 0 saturated carbocycles. The largest absolute Gasteiger partial charge is 0.343 e. The Kier molecular flexibility index (Phi) is 5.31. The third-order valence-corrected chi connectivity index (χ3v) is 2.57. The molecule has 0 aliphatic heterocycles. The van der Waals surface area contributed by atoms with Gasteiger partial charge in [0.25, 0.3) is 5.91 Å². The molecule has 0 bridgehead atoms. The van der Waals surface area contributed by atoms with E-state index in [9.17, 15) is 14.5 Å². The van der Waals surface area contributed by atoms with Crippen LogP contribution in [0.4, 0.5) is 5.69 Å². The average Bonchev–Trinajstić information content (AvgIpc) is 2.37. The van der Waals surface area contributed by atoms with Gasteiger partial charge in [-0.15, -0.1) is 0 Å². The third-order valence-electron chi connectivity index (χ3n) is 2.14. The van der Waals surface area contributed by atoms with Crippen molar-refractivity contribution in [3.63, 3.8) is 0 Å². The molecule has 1 atom stereocenters. The predicted octanol–water partition coefficient (Wildman–Crippen LogP) is 1.14. The summed E-state index contributed by atoms with van der Waals surface area (Å²) in [5, 5.41) is 5.00. The van der Waals surface area contributed by atoms with Crippen LogP contribution >= 0.6 is 12.8 Å². The van der Waals surface area contributed by atoms with Crippen molar-refractivity contribution >= 4 is 30.3 Å². The molecule has 1 aromatic rings. The van der Waals surface area contributed by atoms with E-state index < -0.39 is 17.9 Å². The molecule has 1 unspecified atom stereocenters. The van der Waals surface area contributed by atoms with Gasteiger partial charge in [-0.1, -0.05) is 36.2 Å². The molecule has 0 heterocycles. The second-order valence-electron chi connectivity index (χ2n) is 3.55. The van der Waals surface area contributed by atoms with E-state index in [0.29, 0.717) is 5.69 Å². The summed E-state index contributed by atoms with van der Waals surface area (Å²) in [5.74, 6) is -0.925. The number of carbonyl (C=O) groups is 2. The fraction of sp³-hybridized carbons (Fsp3) is 0.273. The molecule has 0 radical (unpaired) electrons. The molecule has 1 rings (SSSR count). The summed E-state index contributed by atoms with van der Waals surface area (Å²) in [7, 11) is 0. The number of thiol groups is 1. The summed E-state index contributed by atoms with van der Waals surface area (Å²) in [4.78, 5) is 33.2. The molecule has 1 aromatic carbocycles. The van der Waals surface area contributed by atoms with Crippen LogP contribution in [0.1, 0.15) is 6.92 Å². The van der Waals surface area contributed by atoms with Crippen LogP contribution in [0, 0.1) is 4.91 Å². The fourth-order valence-electron chi connectivity index (χ4n) is 1.35. The summed E-state index contributed by atoms with van der Waals surface area (Å²) in [6, 6.07) is 7.66. The number of rotatable bonds is 5. The van der Waals surface area contributed by atoms with E-state index in [2.05, 4.69) is 23.3 Å². The van der Waals surface area contributed by atoms with Crippen LogP contribution in [0.2, 0.25) is 0 Å². The highest BCUT2D eigenvalue weighted by Gasteiger charge is 2.24. The Morgan fingerprint density at radius 2 is 2.00 bits per heavy atom. The predicted molar refractivity (Wildman–Crippen MR) is 71.2 cm³/mol. The van der Waals surface area contributed by atoms with E-state index >= 15 is 0 Å². The molecule has 96 valence electrons. The maximum Gasteiger partial charge on any atom is 0.261 e. The molecule has 7 heteroatoms. The van der Waals surface area contributed by atoms with Gasteiger partial charge in [-0.3, -0.25) is 13.9 Å². The summed E-state index contributed by atoms with van der Waals surface area (Å²) >= 11 is 4.06. The highest BCUT2D eigenvalue weighted by atomic mass is 32.1. The van der Waals surface area contributed by atoms with Crippen LogP contribution in [-0.4, -0.2) is 24.4 Å². The Morgan fingerprint density at radius 3 is 2.50 bits per heavy atom. The average molecular weight is 267 g/mol. The van der Waals surface area contributed by atoms with Crippen LogP contribution in [-0.2, 0) is 9.59 Å². The number of hydrogen-bond acceptors (Lipinski definition) is 5. The summed E-state index contributed by atoms with van der Waals surface area (Å²) in [5.41, 5.74) is 0.548. The first-order valence-electron chi connectivity index (χ1n) is 5.20. The van der Waals surface area contributed by atoms with Crippen LogP contribution in [0.5, 0.6) is 0 Å². The van der Waals surface area contributed by atoms with Crippen molar-refractivity contribution in [3.8, 4) is 0 Å². The van der Waals surface area contributed by atoms with Crippen LogP contribution in [0.15, 0.2) is 35.5 Å². The van der Waals surface area contributed by atoms with Crippen molar-refractivity contribution in [1.29, 1.82) is 0 Å². The first-order valence-corrected chi connectivity index (χ1v) is 5.60. The number of nitrogens with one attached hydrogen (secondary N) is 1. The first kappa shape index (κ1) is 14.2. The molecule has 0 spiro atoms. The van der Waals surface area contributed by atoms with Crippen molar-refractivity contribution < 1.29 is 9.59 Å². The molecular formula is C11H13N3O3S. The van der Waals surface area contributed by atoms with Crippen molar-refractivity contribution in [3.05, 3.63) is 35.2 Å². The highest BCUT2D eigenvalue weighted by molar-refractivity contribution is 7.82. The second-order valence-corrected chi connectivity index (χ2v) is 3.95. The van der Waals surface area contributed by atoms with Gasteiger partial charge in [-0.25, -0.2) is 0 Å². The van der Waals surface area contributed by atoms with Gasteiger partial charge in [0.1, 0.15) is 12.6 Å². The minimum absolute atomic E-state index is 0.331. The first-order chi connectivity index (χ1) is 8.56. The van der Waals surface area contributed by atoms with E-state index in [-0.39, 0.29) is 6.54 Å². The number of para-hydroxylation sites is 1. The molecule has 0 saturated heterocycles. The van der Waals surface area contributed by atoms with E-state index in [1.165, 1.54) is 6.92 Å². The summed E-state index contributed by atoms with van der Waals surface area (Å²) in [6.45, 7) is 0.929. The zero-order valence-electron chi connectivity index (χ0n) is 9.74. The van der Waals surface area contributed by atoms with Crippen molar-refractivity contribution in [2.45, 2.75) is 13.0 Å². The van der Waals surface area contributed by atoms with Gasteiger partial charge in [0.2, 0.25) is 5.91 Å². The van der Waals surface area contributed by atoms with Crippen molar-refractivity contribution in [1.82, 2.24) is 5.32 Å². The molecule has 0 fully saturated rings. The van der Waals surface area contributed by atoms with Gasteiger partial charge in [-0.2, -0.15) is 4.91 Å². The van der Waals surface area contributed by atoms with E-state index in [1.54, 1.807) is 30.3 Å². The van der Waals surface area contributed by atoms with Crippen LogP contribution in [0.3, 0.4) is 0 Å². The Balaban J connectivity index is 2.82. The third kappa shape index (κ3) is 3.85. The maximum absolute atomic E-state index is 12.0. The fourth-order valence-corrected chi connectivity index (χ4v) is 1.62. The summed E-state index contributed by atoms with van der Waals surface area (Å²) in [6.07, 6.45) is 0. The number of nitrogens with zero attached hydrogens (tertiary/aromatic N) is 2. The van der Waals surface area contributed by atoms with Crippen LogP contribution in [0.25, 0.3) is 0 Å². The standard InChI is InChI=1S/C11H13N3O3S/c1-8(15)13-10(7-12-17)11(16)14(18)9-5-3-2-4-6-9/h2-6,10,18H,7H2,1H3,(H,13,15). The van der Waals surface area contributed by atoms with Crippen LogP contribution < -0.4 is 9.62 Å². The Bertz CT molecular complexity index is 438.